The molecule has 0 bridgehead atoms. The molecule has 2 aromatic rings. The molecule has 1 saturated heterocycles. The van der Waals surface area contributed by atoms with E-state index in [0.717, 1.165) is 18.6 Å². The zero-order chi connectivity index (χ0) is 23.6. The first-order chi connectivity index (χ1) is 15.7. The number of piperidine rings is 1. The minimum atomic E-state index is -3.69. The van der Waals surface area contributed by atoms with Crippen molar-refractivity contribution in [1.82, 2.24) is 14.3 Å². The van der Waals surface area contributed by atoms with Crippen molar-refractivity contribution in [2.75, 3.05) is 18.4 Å². The molecule has 1 aromatic carbocycles. The second-order valence-electron chi connectivity index (χ2n) is 8.66. The summed E-state index contributed by atoms with van der Waals surface area (Å²) < 4.78 is 46.0. The first-order valence-electron chi connectivity index (χ1n) is 10.9. The number of nitrogens with one attached hydrogen (secondary N) is 1. The molecule has 176 valence electrons. The predicted molar refractivity (Wildman–Crippen MR) is 117 cm³/mol. The molecule has 1 aromatic heterocycles. The lowest BCUT2D eigenvalue weighted by Crippen LogP contribution is -2.42. The van der Waals surface area contributed by atoms with E-state index in [1.807, 2.05) is 6.07 Å². The Morgan fingerprint density at radius 1 is 1.27 bits per heavy atom. The zero-order valence-electron chi connectivity index (χ0n) is 18.2. The molecule has 11 heteroatoms. The average Bonchev–Trinajstić information content (AvgIpc) is 3.12. The van der Waals surface area contributed by atoms with Gasteiger partial charge in [-0.15, -0.1) is 0 Å². The normalized spacial score (nSPS) is 24.4. The van der Waals surface area contributed by atoms with Gasteiger partial charge >= 0.3 is 0 Å². The van der Waals surface area contributed by atoms with Crippen molar-refractivity contribution in [2.45, 2.75) is 61.7 Å². The van der Waals surface area contributed by atoms with Gasteiger partial charge in [-0.05, 0) is 63.3 Å². The maximum atomic E-state index is 13.1. The number of rotatable bonds is 6. The molecule has 2 unspecified atom stereocenters. The van der Waals surface area contributed by atoms with Crippen LogP contribution in [0.4, 0.5) is 10.3 Å². The van der Waals surface area contributed by atoms with Crippen molar-refractivity contribution >= 4 is 16.0 Å². The number of halogens is 1. The Hall–Kier alpha value is -2.81. The molecule has 0 spiro atoms. The summed E-state index contributed by atoms with van der Waals surface area (Å²) in [7, 11) is -3.69. The van der Waals surface area contributed by atoms with Gasteiger partial charge in [0.15, 0.2) is 0 Å². The molecule has 4 rings (SSSR count). The van der Waals surface area contributed by atoms with Crippen molar-refractivity contribution in [3.05, 3.63) is 41.8 Å². The number of aliphatic hydroxyl groups is 1. The van der Waals surface area contributed by atoms with E-state index in [0.29, 0.717) is 38.8 Å². The summed E-state index contributed by atoms with van der Waals surface area (Å²) in [6.45, 7) is 2.30. The number of aromatic nitrogens is 2. The Bertz CT molecular complexity index is 1140. The molecule has 2 fully saturated rings. The first-order valence-corrected chi connectivity index (χ1v) is 12.3. The molecule has 0 amide bonds. The number of hydrogen-bond donors (Lipinski definition) is 2. The van der Waals surface area contributed by atoms with Gasteiger partial charge in [0.2, 0.25) is 21.9 Å². The van der Waals surface area contributed by atoms with E-state index in [4.69, 9.17) is 4.74 Å². The Morgan fingerprint density at radius 2 is 1.97 bits per heavy atom. The summed E-state index contributed by atoms with van der Waals surface area (Å²) in [5, 5.41) is 23.0. The van der Waals surface area contributed by atoms with Crippen LogP contribution in [-0.4, -0.2) is 58.6 Å². The van der Waals surface area contributed by atoms with Crippen molar-refractivity contribution in [3.63, 3.8) is 0 Å². The fourth-order valence-corrected chi connectivity index (χ4v) is 5.69. The SMILES string of the molecule is CC1(O)CCCC1Oc1nc(NC2CCN(S(=O)(=O)c3ccc(F)cc3)CC2)ncc1C#N. The van der Waals surface area contributed by atoms with Crippen LogP contribution in [0.3, 0.4) is 0 Å². The molecule has 0 radical (unpaired) electrons. The van der Waals surface area contributed by atoms with Gasteiger partial charge in [-0.1, -0.05) is 0 Å². The van der Waals surface area contributed by atoms with Crippen LogP contribution >= 0.6 is 0 Å². The molecule has 2 aliphatic rings. The summed E-state index contributed by atoms with van der Waals surface area (Å²) >= 11 is 0. The number of hydrogen-bond acceptors (Lipinski definition) is 8. The van der Waals surface area contributed by atoms with E-state index in [1.54, 1.807) is 6.92 Å². The minimum absolute atomic E-state index is 0.0651. The van der Waals surface area contributed by atoms with Gasteiger partial charge in [-0.25, -0.2) is 17.8 Å². The third-order valence-corrected chi connectivity index (χ3v) is 8.12. The Labute approximate surface area is 192 Å². The van der Waals surface area contributed by atoms with E-state index >= 15 is 0 Å². The van der Waals surface area contributed by atoms with Gasteiger partial charge in [0.1, 0.15) is 23.6 Å². The monoisotopic (exact) mass is 475 g/mol. The number of nitriles is 1. The highest BCUT2D eigenvalue weighted by molar-refractivity contribution is 7.89. The van der Waals surface area contributed by atoms with Crippen molar-refractivity contribution in [1.29, 1.82) is 5.26 Å². The van der Waals surface area contributed by atoms with E-state index in [1.165, 1.54) is 22.6 Å². The molecule has 9 nitrogen and oxygen atoms in total. The summed E-state index contributed by atoms with van der Waals surface area (Å²) in [6, 6.07) is 6.74. The standard InChI is InChI=1S/C22H26FN5O4S/c1-22(29)10-2-3-19(22)32-20-15(13-24)14-25-21(27-20)26-17-8-11-28(12-9-17)33(30,31)18-6-4-16(23)5-7-18/h4-7,14,17,19,29H,2-3,8-12H2,1H3,(H,25,26,27). The lowest BCUT2D eigenvalue weighted by molar-refractivity contribution is -0.0271. The fourth-order valence-electron chi connectivity index (χ4n) is 4.22. The molecule has 2 heterocycles. The number of benzene rings is 1. The number of sulfonamides is 1. The second-order valence-corrected chi connectivity index (χ2v) is 10.6. The first kappa shape index (κ1) is 23.4. The van der Waals surface area contributed by atoms with Crippen LogP contribution in [0.15, 0.2) is 35.4 Å². The highest BCUT2D eigenvalue weighted by Gasteiger charge is 2.39. The quantitative estimate of drug-likeness (QED) is 0.652. The van der Waals surface area contributed by atoms with Crippen LogP contribution in [0.2, 0.25) is 0 Å². The third-order valence-electron chi connectivity index (χ3n) is 6.21. The number of ether oxygens (including phenoxy) is 1. The van der Waals surface area contributed by atoms with Crippen LogP contribution in [0.5, 0.6) is 5.88 Å². The van der Waals surface area contributed by atoms with E-state index in [-0.39, 0.29) is 28.3 Å². The topological polar surface area (TPSA) is 128 Å². The minimum Gasteiger partial charge on any atom is -0.470 e. The van der Waals surface area contributed by atoms with Gasteiger partial charge in [-0.3, -0.25) is 0 Å². The molecular weight excluding hydrogens is 449 g/mol. The summed E-state index contributed by atoms with van der Waals surface area (Å²) in [4.78, 5) is 8.59. The maximum absolute atomic E-state index is 13.1. The van der Waals surface area contributed by atoms with Gasteiger partial charge in [0.05, 0.1) is 16.7 Å². The smallest absolute Gasteiger partial charge is 0.243 e. The van der Waals surface area contributed by atoms with Crippen molar-refractivity contribution in [2.24, 2.45) is 0 Å². The predicted octanol–water partition coefficient (Wildman–Crippen LogP) is 2.43. The number of anilines is 1. The molecular formula is C22H26FN5O4S. The van der Waals surface area contributed by atoms with Crippen LogP contribution in [0, 0.1) is 17.1 Å². The molecule has 1 aliphatic carbocycles. The van der Waals surface area contributed by atoms with Gasteiger partial charge in [-0.2, -0.15) is 14.6 Å². The molecule has 2 atom stereocenters. The Balaban J connectivity index is 1.40. The van der Waals surface area contributed by atoms with Crippen molar-refractivity contribution < 1.29 is 22.7 Å². The maximum Gasteiger partial charge on any atom is 0.243 e. The summed E-state index contributed by atoms with van der Waals surface area (Å²) in [5.74, 6) is -0.0841. The van der Waals surface area contributed by atoms with Gasteiger partial charge < -0.3 is 15.2 Å². The second kappa shape index (κ2) is 9.21. The molecule has 33 heavy (non-hydrogen) atoms. The highest BCUT2D eigenvalue weighted by atomic mass is 32.2. The summed E-state index contributed by atoms with van der Waals surface area (Å²) in [5.41, 5.74) is -0.794. The summed E-state index contributed by atoms with van der Waals surface area (Å²) in [6.07, 6.45) is 4.10. The zero-order valence-corrected chi connectivity index (χ0v) is 19.1. The van der Waals surface area contributed by atoms with Crippen LogP contribution < -0.4 is 10.1 Å². The van der Waals surface area contributed by atoms with Gasteiger partial charge in [0.25, 0.3) is 0 Å². The highest BCUT2D eigenvalue weighted by Crippen LogP contribution is 2.33. The lowest BCUT2D eigenvalue weighted by Gasteiger charge is -2.31. The number of nitrogens with zero attached hydrogens (tertiary/aromatic N) is 4. The van der Waals surface area contributed by atoms with Crippen molar-refractivity contribution in [3.8, 4) is 11.9 Å². The molecule has 2 N–H and O–H groups in total. The Morgan fingerprint density at radius 3 is 2.58 bits per heavy atom. The average molecular weight is 476 g/mol. The van der Waals surface area contributed by atoms with Gasteiger partial charge in [0, 0.05) is 19.1 Å². The molecule has 1 saturated carbocycles. The van der Waals surface area contributed by atoms with Crippen LogP contribution in [0.1, 0.15) is 44.6 Å². The third kappa shape index (κ3) is 5.08. The fraction of sp³-hybridized carbons (Fsp3) is 0.500. The largest absolute Gasteiger partial charge is 0.470 e. The van der Waals surface area contributed by atoms with E-state index < -0.39 is 27.5 Å². The van der Waals surface area contributed by atoms with Crippen LogP contribution in [0.25, 0.3) is 0 Å². The van der Waals surface area contributed by atoms with E-state index in [9.17, 15) is 23.2 Å². The molecule has 1 aliphatic heterocycles. The Kier molecular flexibility index (Phi) is 6.52. The van der Waals surface area contributed by atoms with E-state index in [2.05, 4.69) is 15.3 Å². The lowest BCUT2D eigenvalue weighted by atomic mass is 10.0. The van der Waals surface area contributed by atoms with Crippen LogP contribution in [-0.2, 0) is 10.0 Å².